The largest absolute Gasteiger partial charge is 0.497 e. The first-order valence-corrected chi connectivity index (χ1v) is 10.7. The van der Waals surface area contributed by atoms with Crippen molar-refractivity contribution in [1.82, 2.24) is 19.9 Å². The van der Waals surface area contributed by atoms with Crippen molar-refractivity contribution in [1.29, 1.82) is 0 Å². The van der Waals surface area contributed by atoms with Crippen LogP contribution in [0.3, 0.4) is 0 Å². The number of methoxy groups -OCH3 is 1. The van der Waals surface area contributed by atoms with Crippen molar-refractivity contribution in [3.05, 3.63) is 64.7 Å². The molecule has 4 rings (SSSR count). The maximum Gasteiger partial charge on any atom is 0.230 e. The minimum atomic E-state index is -0.0444. The molecule has 2 heterocycles. The van der Waals surface area contributed by atoms with E-state index in [-0.39, 0.29) is 11.7 Å². The molecule has 0 radical (unpaired) electrons. The summed E-state index contributed by atoms with van der Waals surface area (Å²) in [5, 5.41) is 13.6. The van der Waals surface area contributed by atoms with Crippen molar-refractivity contribution < 1.29 is 9.53 Å². The van der Waals surface area contributed by atoms with Gasteiger partial charge in [-0.15, -0.1) is 10.2 Å². The highest BCUT2D eigenvalue weighted by Crippen LogP contribution is 2.28. The quantitative estimate of drug-likeness (QED) is 0.473. The van der Waals surface area contributed by atoms with Crippen LogP contribution in [0.4, 0.5) is 0 Å². The standard InChI is InChI=1S/C23H24N4O2S/c1-14-9-15(2)21-18(10-14)11-16(3)22-25-26-23(27(21)22)30-13-20(28)24-12-17-5-7-19(29-4)8-6-17/h5-11H,12-13H2,1-4H3,(H,24,28). The third-order valence-electron chi connectivity index (χ3n) is 5.04. The molecule has 0 spiro atoms. The average Bonchev–Trinajstić information content (AvgIpc) is 3.15. The molecule has 6 nitrogen and oxygen atoms in total. The molecule has 1 amide bonds. The first-order chi connectivity index (χ1) is 14.5. The molecule has 0 unspecified atom stereocenters. The van der Waals surface area contributed by atoms with Gasteiger partial charge in [-0.2, -0.15) is 0 Å². The highest BCUT2D eigenvalue weighted by molar-refractivity contribution is 7.99. The molecular weight excluding hydrogens is 396 g/mol. The predicted octanol–water partition coefficient (Wildman–Crippen LogP) is 4.22. The fourth-order valence-corrected chi connectivity index (χ4v) is 4.42. The number of rotatable bonds is 6. The first-order valence-electron chi connectivity index (χ1n) is 9.74. The van der Waals surface area contributed by atoms with E-state index in [1.807, 2.05) is 31.2 Å². The molecule has 0 atom stereocenters. The van der Waals surface area contributed by atoms with Gasteiger partial charge in [-0.25, -0.2) is 0 Å². The van der Waals surface area contributed by atoms with E-state index < -0.39 is 0 Å². The van der Waals surface area contributed by atoms with Crippen molar-refractivity contribution >= 4 is 34.2 Å². The second-order valence-corrected chi connectivity index (χ2v) is 8.34. The van der Waals surface area contributed by atoms with Crippen molar-refractivity contribution in [2.75, 3.05) is 12.9 Å². The van der Waals surface area contributed by atoms with Crippen LogP contribution >= 0.6 is 11.8 Å². The van der Waals surface area contributed by atoms with Gasteiger partial charge in [0.15, 0.2) is 10.8 Å². The second kappa shape index (κ2) is 8.36. The number of benzene rings is 2. The number of fused-ring (bicyclic) bond motifs is 3. The maximum absolute atomic E-state index is 12.4. The molecule has 4 aromatic rings. The Kier molecular flexibility index (Phi) is 5.63. The Labute approximate surface area is 179 Å². The molecule has 0 fully saturated rings. The van der Waals surface area contributed by atoms with Crippen molar-refractivity contribution in [2.45, 2.75) is 32.5 Å². The first kappa shape index (κ1) is 20.2. The number of aryl methyl sites for hydroxylation is 3. The molecule has 30 heavy (non-hydrogen) atoms. The zero-order valence-corrected chi connectivity index (χ0v) is 18.3. The molecule has 2 aromatic heterocycles. The van der Waals surface area contributed by atoms with Gasteiger partial charge in [-0.1, -0.05) is 35.5 Å². The van der Waals surface area contributed by atoms with Crippen LogP contribution < -0.4 is 10.1 Å². The molecule has 0 saturated heterocycles. The van der Waals surface area contributed by atoms with Gasteiger partial charge < -0.3 is 10.1 Å². The number of hydrogen-bond acceptors (Lipinski definition) is 5. The van der Waals surface area contributed by atoms with Crippen LogP contribution in [0.15, 0.2) is 47.6 Å². The molecule has 2 aromatic carbocycles. The van der Waals surface area contributed by atoms with Crippen LogP contribution in [-0.4, -0.2) is 33.4 Å². The topological polar surface area (TPSA) is 68.5 Å². The fourth-order valence-electron chi connectivity index (χ4n) is 3.65. The van der Waals surface area contributed by atoms with Gasteiger partial charge in [0.25, 0.3) is 0 Å². The zero-order valence-electron chi connectivity index (χ0n) is 17.5. The Morgan fingerprint density at radius 2 is 1.83 bits per heavy atom. The van der Waals surface area contributed by atoms with Crippen LogP contribution in [-0.2, 0) is 11.3 Å². The summed E-state index contributed by atoms with van der Waals surface area (Å²) in [5.41, 5.74) is 6.40. The normalized spacial score (nSPS) is 11.2. The number of ether oxygens (including phenoxy) is 1. The lowest BCUT2D eigenvalue weighted by Gasteiger charge is -2.11. The number of thioether (sulfide) groups is 1. The molecule has 1 N–H and O–H groups in total. The summed E-state index contributed by atoms with van der Waals surface area (Å²) >= 11 is 1.40. The number of pyridine rings is 1. The maximum atomic E-state index is 12.4. The van der Waals surface area contributed by atoms with E-state index in [1.165, 1.54) is 22.9 Å². The smallest absolute Gasteiger partial charge is 0.230 e. The van der Waals surface area contributed by atoms with Gasteiger partial charge in [0.1, 0.15) is 5.75 Å². The number of amides is 1. The highest BCUT2D eigenvalue weighted by Gasteiger charge is 2.15. The summed E-state index contributed by atoms with van der Waals surface area (Å²) in [6.07, 6.45) is 0. The molecule has 154 valence electrons. The molecule has 0 saturated carbocycles. The molecule has 0 aliphatic heterocycles. The van der Waals surface area contributed by atoms with Crippen molar-refractivity contribution in [3.8, 4) is 5.75 Å². The summed E-state index contributed by atoms with van der Waals surface area (Å²) in [5.74, 6) is 1.03. The molecular formula is C23H24N4O2S. The fraction of sp³-hybridized carbons (Fsp3) is 0.261. The van der Waals surface area contributed by atoms with Gasteiger partial charge >= 0.3 is 0 Å². The van der Waals surface area contributed by atoms with E-state index in [0.717, 1.165) is 38.6 Å². The van der Waals surface area contributed by atoms with Crippen LogP contribution in [0.1, 0.15) is 22.3 Å². The van der Waals surface area contributed by atoms with Gasteiger partial charge in [0, 0.05) is 6.54 Å². The van der Waals surface area contributed by atoms with E-state index in [0.29, 0.717) is 6.54 Å². The van der Waals surface area contributed by atoms with Gasteiger partial charge in [-0.05, 0) is 67.1 Å². The van der Waals surface area contributed by atoms with E-state index >= 15 is 0 Å². The molecule has 0 bridgehead atoms. The average molecular weight is 421 g/mol. The number of carbonyl (C=O) groups excluding carboxylic acids is 1. The van der Waals surface area contributed by atoms with Crippen LogP contribution in [0.5, 0.6) is 5.75 Å². The van der Waals surface area contributed by atoms with E-state index in [2.05, 4.69) is 52.0 Å². The Morgan fingerprint density at radius 1 is 1.07 bits per heavy atom. The van der Waals surface area contributed by atoms with E-state index in [9.17, 15) is 4.79 Å². The molecule has 0 aliphatic rings. The van der Waals surface area contributed by atoms with Gasteiger partial charge in [0.05, 0.1) is 18.4 Å². The zero-order chi connectivity index (χ0) is 21.3. The Morgan fingerprint density at radius 3 is 2.57 bits per heavy atom. The number of aromatic nitrogens is 3. The number of nitrogens with one attached hydrogen (secondary N) is 1. The number of hydrogen-bond donors (Lipinski definition) is 1. The van der Waals surface area contributed by atoms with Crippen molar-refractivity contribution in [2.24, 2.45) is 0 Å². The summed E-state index contributed by atoms with van der Waals surface area (Å²) < 4.78 is 7.23. The Balaban J connectivity index is 1.51. The number of carbonyl (C=O) groups is 1. The van der Waals surface area contributed by atoms with Crippen LogP contribution in [0.25, 0.3) is 16.6 Å². The highest BCUT2D eigenvalue weighted by atomic mass is 32.2. The predicted molar refractivity (Wildman–Crippen MR) is 120 cm³/mol. The summed E-state index contributed by atoms with van der Waals surface area (Å²) in [6, 6.07) is 14.1. The summed E-state index contributed by atoms with van der Waals surface area (Å²) in [6.45, 7) is 6.71. The van der Waals surface area contributed by atoms with E-state index in [4.69, 9.17) is 4.74 Å². The van der Waals surface area contributed by atoms with Crippen LogP contribution in [0, 0.1) is 20.8 Å². The van der Waals surface area contributed by atoms with Gasteiger partial charge in [0.2, 0.25) is 5.91 Å². The molecule has 0 aliphatic carbocycles. The third-order valence-corrected chi connectivity index (χ3v) is 5.97. The van der Waals surface area contributed by atoms with Gasteiger partial charge in [-0.3, -0.25) is 9.20 Å². The van der Waals surface area contributed by atoms with Crippen LogP contribution in [0.2, 0.25) is 0 Å². The Hall–Kier alpha value is -3.06. The Bertz CT molecular complexity index is 1230. The lowest BCUT2D eigenvalue weighted by Crippen LogP contribution is -2.24. The SMILES string of the molecule is COc1ccc(CNC(=O)CSc2nnc3c(C)cc4cc(C)cc(C)c4n23)cc1. The minimum Gasteiger partial charge on any atom is -0.497 e. The van der Waals surface area contributed by atoms with E-state index in [1.54, 1.807) is 7.11 Å². The summed E-state index contributed by atoms with van der Waals surface area (Å²) in [7, 11) is 1.63. The minimum absolute atomic E-state index is 0.0444. The van der Waals surface area contributed by atoms with Crippen molar-refractivity contribution in [3.63, 3.8) is 0 Å². The lowest BCUT2D eigenvalue weighted by atomic mass is 10.1. The third kappa shape index (κ3) is 3.98. The monoisotopic (exact) mass is 420 g/mol. The summed E-state index contributed by atoms with van der Waals surface area (Å²) in [4.78, 5) is 12.4. The molecule has 7 heteroatoms. The lowest BCUT2D eigenvalue weighted by molar-refractivity contribution is -0.118. The number of nitrogens with zero attached hydrogens (tertiary/aromatic N) is 3. The second-order valence-electron chi connectivity index (χ2n) is 7.40.